The van der Waals surface area contributed by atoms with Crippen LogP contribution in [0.3, 0.4) is 0 Å². The number of carbonyl (C=O) groups is 2. The van der Waals surface area contributed by atoms with Gasteiger partial charge in [-0.3, -0.25) is 4.79 Å². The number of methoxy groups -OCH3 is 6. The maximum absolute atomic E-state index is 13.1. The minimum atomic E-state index is -1.19. The van der Waals surface area contributed by atoms with Gasteiger partial charge in [-0.2, -0.15) is 0 Å². The molecule has 10 nitrogen and oxygen atoms in total. The molecule has 34 heavy (non-hydrogen) atoms. The first kappa shape index (κ1) is 24.6. The van der Waals surface area contributed by atoms with Gasteiger partial charge in [-0.15, -0.1) is 0 Å². The van der Waals surface area contributed by atoms with Crippen molar-refractivity contribution < 1.29 is 48.2 Å². The van der Waals surface area contributed by atoms with Crippen molar-refractivity contribution in [2.45, 2.75) is 5.92 Å². The molecule has 0 amide bonds. The number of phenols is 2. The van der Waals surface area contributed by atoms with Gasteiger partial charge < -0.3 is 38.6 Å². The van der Waals surface area contributed by atoms with Crippen molar-refractivity contribution in [1.29, 1.82) is 0 Å². The highest BCUT2D eigenvalue weighted by atomic mass is 16.5. The second kappa shape index (κ2) is 9.82. The quantitative estimate of drug-likeness (QED) is 0.578. The van der Waals surface area contributed by atoms with E-state index in [1.807, 2.05) is 0 Å². The fourth-order valence-electron chi connectivity index (χ4n) is 4.21. The van der Waals surface area contributed by atoms with E-state index in [0.717, 1.165) is 0 Å². The van der Waals surface area contributed by atoms with Crippen LogP contribution in [0.2, 0.25) is 0 Å². The molecule has 2 aromatic carbocycles. The molecule has 0 aromatic heterocycles. The number of hydrogen-bond donors (Lipinski definition) is 2. The Labute approximate surface area is 196 Å². The summed E-state index contributed by atoms with van der Waals surface area (Å²) in [6.07, 6.45) is 1.47. The number of carbonyl (C=O) groups excluding carboxylic acids is 2. The van der Waals surface area contributed by atoms with Gasteiger partial charge in [0.2, 0.25) is 11.5 Å². The van der Waals surface area contributed by atoms with Gasteiger partial charge >= 0.3 is 11.9 Å². The van der Waals surface area contributed by atoms with Gasteiger partial charge in [-0.05, 0) is 35.4 Å². The monoisotopic (exact) mass is 474 g/mol. The van der Waals surface area contributed by atoms with Gasteiger partial charge in [0, 0.05) is 11.5 Å². The van der Waals surface area contributed by atoms with Crippen molar-refractivity contribution in [2.75, 3.05) is 42.7 Å². The summed E-state index contributed by atoms with van der Waals surface area (Å²) in [5.74, 6) is -3.83. The number of rotatable bonds is 7. The van der Waals surface area contributed by atoms with Gasteiger partial charge in [-0.1, -0.05) is 0 Å². The lowest BCUT2D eigenvalue weighted by Crippen LogP contribution is -2.33. The van der Waals surface area contributed by atoms with Crippen LogP contribution in [0.4, 0.5) is 0 Å². The summed E-state index contributed by atoms with van der Waals surface area (Å²) >= 11 is 0. The molecular weight excluding hydrogens is 448 g/mol. The van der Waals surface area contributed by atoms with Gasteiger partial charge in [0.15, 0.2) is 23.0 Å². The van der Waals surface area contributed by atoms with E-state index in [2.05, 4.69) is 0 Å². The normalized spacial score (nSPS) is 16.6. The highest BCUT2D eigenvalue weighted by Crippen LogP contribution is 2.54. The Morgan fingerprint density at radius 2 is 1.32 bits per heavy atom. The Morgan fingerprint density at radius 1 is 0.765 bits per heavy atom. The van der Waals surface area contributed by atoms with Crippen LogP contribution in [-0.2, 0) is 19.1 Å². The van der Waals surface area contributed by atoms with Gasteiger partial charge in [0.1, 0.15) is 0 Å². The minimum absolute atomic E-state index is 0.0210. The molecule has 182 valence electrons. The highest BCUT2D eigenvalue weighted by Gasteiger charge is 2.45. The molecule has 2 N–H and O–H groups in total. The van der Waals surface area contributed by atoms with Crippen molar-refractivity contribution in [3.05, 3.63) is 40.5 Å². The van der Waals surface area contributed by atoms with Crippen molar-refractivity contribution in [1.82, 2.24) is 0 Å². The lowest BCUT2D eigenvalue weighted by molar-refractivity contribution is -0.147. The summed E-state index contributed by atoms with van der Waals surface area (Å²) in [5.41, 5.74) is 1.27. The van der Waals surface area contributed by atoms with Crippen LogP contribution in [0, 0.1) is 5.92 Å². The summed E-state index contributed by atoms with van der Waals surface area (Å²) in [7, 11) is 7.86. The minimum Gasteiger partial charge on any atom is -0.502 e. The van der Waals surface area contributed by atoms with Crippen LogP contribution in [0.15, 0.2) is 23.8 Å². The highest BCUT2D eigenvalue weighted by molar-refractivity contribution is 6.02. The average Bonchev–Trinajstić information content (AvgIpc) is 2.86. The number of aromatic hydroxyl groups is 2. The third kappa shape index (κ3) is 3.91. The molecular formula is C24H26O10. The molecule has 1 aliphatic rings. The third-order valence-corrected chi connectivity index (χ3v) is 5.74. The van der Waals surface area contributed by atoms with Crippen molar-refractivity contribution in [2.24, 2.45) is 5.92 Å². The molecule has 0 bridgehead atoms. The van der Waals surface area contributed by atoms with E-state index in [0.29, 0.717) is 16.7 Å². The van der Waals surface area contributed by atoms with Crippen LogP contribution < -0.4 is 18.9 Å². The van der Waals surface area contributed by atoms with E-state index in [9.17, 15) is 19.8 Å². The Hall–Kier alpha value is -4.08. The second-order valence-corrected chi connectivity index (χ2v) is 7.31. The van der Waals surface area contributed by atoms with E-state index in [1.165, 1.54) is 66.9 Å². The lowest BCUT2D eigenvalue weighted by Gasteiger charge is -2.34. The third-order valence-electron chi connectivity index (χ3n) is 5.74. The van der Waals surface area contributed by atoms with Gasteiger partial charge in [0.25, 0.3) is 0 Å². The molecule has 2 aromatic rings. The number of phenolic OH excluding ortho intramolecular Hbond substituents is 2. The number of benzene rings is 2. The van der Waals surface area contributed by atoms with E-state index in [4.69, 9.17) is 28.4 Å². The number of ether oxygens (including phenoxy) is 6. The van der Waals surface area contributed by atoms with Crippen molar-refractivity contribution in [3.8, 4) is 34.5 Å². The fourth-order valence-corrected chi connectivity index (χ4v) is 4.21. The molecule has 0 saturated carbocycles. The molecule has 1 aliphatic carbocycles. The number of fused-ring (bicyclic) bond motifs is 1. The fraction of sp³-hybridized carbons (Fsp3) is 0.333. The lowest BCUT2D eigenvalue weighted by atomic mass is 9.70. The number of hydrogen-bond acceptors (Lipinski definition) is 10. The van der Waals surface area contributed by atoms with E-state index >= 15 is 0 Å². The summed E-state index contributed by atoms with van der Waals surface area (Å²) in [4.78, 5) is 25.8. The van der Waals surface area contributed by atoms with Crippen molar-refractivity contribution in [3.63, 3.8) is 0 Å². The maximum atomic E-state index is 13.1. The topological polar surface area (TPSA) is 130 Å². The molecule has 0 heterocycles. The molecule has 0 saturated heterocycles. The van der Waals surface area contributed by atoms with Crippen LogP contribution in [-0.4, -0.2) is 64.8 Å². The first-order chi connectivity index (χ1) is 16.3. The Bertz CT molecular complexity index is 1130. The summed E-state index contributed by atoms with van der Waals surface area (Å²) in [6.45, 7) is 0. The molecule has 0 radical (unpaired) electrons. The predicted octanol–water partition coefficient (Wildman–Crippen LogP) is 2.62. The largest absolute Gasteiger partial charge is 0.502 e. The Kier molecular flexibility index (Phi) is 7.09. The molecule has 3 rings (SSSR count). The maximum Gasteiger partial charge on any atom is 0.334 e. The van der Waals surface area contributed by atoms with Crippen LogP contribution in [0.1, 0.15) is 22.6 Å². The van der Waals surface area contributed by atoms with Crippen molar-refractivity contribution >= 4 is 18.0 Å². The summed E-state index contributed by atoms with van der Waals surface area (Å²) in [5, 5.41) is 21.2. The van der Waals surface area contributed by atoms with Gasteiger partial charge in [0.05, 0.1) is 54.1 Å². The zero-order valence-corrected chi connectivity index (χ0v) is 19.6. The number of esters is 2. The average molecular weight is 474 g/mol. The standard InChI is InChI=1S/C24H26O10/c1-29-14-9-12(10-15(30-2)20(14)25)17-18-11(8-16(31-3)21(26)22(18)32-4)7-13(23(27)33-5)19(17)24(28)34-6/h7-10,17,19,25-26H,1-6H3/t17-,19-/m0/s1. The molecule has 2 atom stereocenters. The molecule has 0 fully saturated rings. The molecule has 0 unspecified atom stereocenters. The second-order valence-electron chi connectivity index (χ2n) is 7.31. The first-order valence-corrected chi connectivity index (χ1v) is 10.1. The van der Waals surface area contributed by atoms with E-state index < -0.39 is 23.8 Å². The Morgan fingerprint density at radius 3 is 1.79 bits per heavy atom. The van der Waals surface area contributed by atoms with E-state index in [1.54, 1.807) is 0 Å². The van der Waals surface area contributed by atoms with Crippen LogP contribution in [0.5, 0.6) is 34.5 Å². The predicted molar refractivity (Wildman–Crippen MR) is 120 cm³/mol. The van der Waals surface area contributed by atoms with Crippen LogP contribution in [0.25, 0.3) is 6.08 Å². The Balaban J connectivity index is 2.48. The first-order valence-electron chi connectivity index (χ1n) is 10.1. The van der Waals surface area contributed by atoms with Crippen LogP contribution >= 0.6 is 0 Å². The SMILES string of the molecule is COC(=O)C1=Cc2cc(OC)c(O)c(OC)c2[C@H](c2cc(OC)c(O)c(OC)c2)[C@H]1C(=O)OC. The smallest absolute Gasteiger partial charge is 0.334 e. The van der Waals surface area contributed by atoms with E-state index in [-0.39, 0.29) is 40.1 Å². The zero-order valence-electron chi connectivity index (χ0n) is 19.6. The molecule has 0 spiro atoms. The zero-order chi connectivity index (χ0) is 25.2. The molecule has 0 aliphatic heterocycles. The van der Waals surface area contributed by atoms with Gasteiger partial charge in [-0.25, -0.2) is 4.79 Å². The molecule has 10 heteroatoms. The summed E-state index contributed by atoms with van der Waals surface area (Å²) < 4.78 is 31.3. The summed E-state index contributed by atoms with van der Waals surface area (Å²) in [6, 6.07) is 4.53.